The molecule has 0 atom stereocenters. The van der Waals surface area contributed by atoms with Gasteiger partial charge in [0.1, 0.15) is 6.61 Å². The highest BCUT2D eigenvalue weighted by atomic mass is 32.2. The van der Waals surface area contributed by atoms with Crippen molar-refractivity contribution in [2.45, 2.75) is 56.8 Å². The molecule has 0 aliphatic carbocycles. The van der Waals surface area contributed by atoms with Gasteiger partial charge in [0.25, 0.3) is 10.1 Å². The van der Waals surface area contributed by atoms with Crippen LogP contribution in [0.15, 0.2) is 29.2 Å². The molecule has 0 unspecified atom stereocenters. The quantitative estimate of drug-likeness (QED) is 0.397. The maximum Gasteiger partial charge on any atom is 0.329 e. The number of benzene rings is 1. The van der Waals surface area contributed by atoms with E-state index in [0.717, 1.165) is 44.1 Å². The number of carboxylic acids is 1. The molecule has 0 fully saturated rings. The fraction of sp³-hybridized carbons (Fsp3) is 0.611. The minimum atomic E-state index is -3.65. The van der Waals surface area contributed by atoms with E-state index in [2.05, 4.69) is 0 Å². The van der Waals surface area contributed by atoms with Crippen LogP contribution in [0.25, 0.3) is 0 Å². The Morgan fingerprint density at radius 1 is 0.920 bits per heavy atom. The summed E-state index contributed by atoms with van der Waals surface area (Å²) in [6.07, 6.45) is 6.70. The van der Waals surface area contributed by atoms with Crippen molar-refractivity contribution in [1.29, 1.82) is 0 Å². The zero-order chi connectivity index (χ0) is 18.5. The van der Waals surface area contributed by atoms with Crippen molar-refractivity contribution in [2.24, 2.45) is 0 Å². The number of hydrogen-bond acceptors (Lipinski definition) is 5. The summed E-state index contributed by atoms with van der Waals surface area (Å²) in [5.41, 5.74) is 1.01. The van der Waals surface area contributed by atoms with Gasteiger partial charge in [-0.3, -0.25) is 4.18 Å². The van der Waals surface area contributed by atoms with Crippen LogP contribution in [0.4, 0.5) is 0 Å². The topological polar surface area (TPSA) is 89.9 Å². The van der Waals surface area contributed by atoms with Gasteiger partial charge < -0.3 is 9.84 Å². The molecule has 0 aliphatic rings. The highest BCUT2D eigenvalue weighted by molar-refractivity contribution is 7.86. The number of carbonyl (C=O) groups is 1. The van der Waals surface area contributed by atoms with Crippen molar-refractivity contribution in [1.82, 2.24) is 0 Å². The van der Waals surface area contributed by atoms with E-state index in [9.17, 15) is 13.2 Å². The second kappa shape index (κ2) is 12.0. The highest BCUT2D eigenvalue weighted by Crippen LogP contribution is 2.14. The lowest BCUT2D eigenvalue weighted by Gasteiger charge is -2.06. The third kappa shape index (κ3) is 10.2. The molecule has 25 heavy (non-hydrogen) atoms. The number of aliphatic carboxylic acids is 1. The lowest BCUT2D eigenvalue weighted by atomic mass is 10.1. The van der Waals surface area contributed by atoms with Gasteiger partial charge in [-0.1, -0.05) is 49.8 Å². The Balaban J connectivity index is 1.99. The Kier molecular flexibility index (Phi) is 10.4. The van der Waals surface area contributed by atoms with Crippen molar-refractivity contribution in [3.8, 4) is 0 Å². The van der Waals surface area contributed by atoms with E-state index in [1.54, 1.807) is 24.3 Å². The Bertz CT molecular complexity index is 594. The van der Waals surface area contributed by atoms with E-state index >= 15 is 0 Å². The molecule has 1 rings (SSSR count). The van der Waals surface area contributed by atoms with Crippen LogP contribution in [0.1, 0.15) is 50.5 Å². The van der Waals surface area contributed by atoms with Crippen LogP contribution in [0.2, 0.25) is 0 Å². The van der Waals surface area contributed by atoms with Crippen molar-refractivity contribution >= 4 is 16.1 Å². The van der Waals surface area contributed by atoms with Gasteiger partial charge >= 0.3 is 5.97 Å². The Hall–Kier alpha value is -1.44. The van der Waals surface area contributed by atoms with Gasteiger partial charge in [0.15, 0.2) is 0 Å². The SMILES string of the molecule is Cc1ccc(S(=O)(=O)OCCCCCCCCCOCC(=O)O)cc1. The van der Waals surface area contributed by atoms with Gasteiger partial charge in [-0.2, -0.15) is 8.42 Å². The van der Waals surface area contributed by atoms with Crippen molar-refractivity contribution in [3.05, 3.63) is 29.8 Å². The number of rotatable bonds is 14. The highest BCUT2D eigenvalue weighted by Gasteiger charge is 2.14. The summed E-state index contributed by atoms with van der Waals surface area (Å²) in [6.45, 7) is 2.36. The lowest BCUT2D eigenvalue weighted by molar-refractivity contribution is -0.142. The van der Waals surface area contributed by atoms with Gasteiger partial charge in [-0.25, -0.2) is 4.79 Å². The van der Waals surface area contributed by atoms with Crippen molar-refractivity contribution in [2.75, 3.05) is 19.8 Å². The minimum absolute atomic E-state index is 0.197. The molecule has 142 valence electrons. The summed E-state index contributed by atoms with van der Waals surface area (Å²) in [5.74, 6) is -0.938. The fourth-order valence-electron chi connectivity index (χ4n) is 2.29. The molecule has 0 aromatic heterocycles. The van der Waals surface area contributed by atoms with Crippen LogP contribution < -0.4 is 0 Å². The third-order valence-corrected chi connectivity index (χ3v) is 5.03. The summed E-state index contributed by atoms with van der Waals surface area (Å²) in [7, 11) is -3.65. The monoisotopic (exact) mass is 372 g/mol. The van der Waals surface area contributed by atoms with E-state index in [1.807, 2.05) is 6.92 Å². The van der Waals surface area contributed by atoms with Crippen LogP contribution in [0.5, 0.6) is 0 Å². The first kappa shape index (κ1) is 21.6. The van der Waals surface area contributed by atoms with Crippen LogP contribution in [0.3, 0.4) is 0 Å². The molecule has 6 nitrogen and oxygen atoms in total. The van der Waals surface area contributed by atoms with Gasteiger partial charge in [0, 0.05) is 6.61 Å². The molecule has 0 saturated carbocycles. The van der Waals surface area contributed by atoms with Crippen LogP contribution >= 0.6 is 0 Å². The number of hydrogen-bond donors (Lipinski definition) is 1. The number of aryl methyl sites for hydroxylation is 1. The second-order valence-electron chi connectivity index (χ2n) is 6.01. The summed E-state index contributed by atoms with van der Waals surface area (Å²) < 4.78 is 34.0. The van der Waals surface area contributed by atoms with Crippen LogP contribution in [0, 0.1) is 6.92 Å². The largest absolute Gasteiger partial charge is 0.480 e. The molecule has 1 N–H and O–H groups in total. The van der Waals surface area contributed by atoms with Gasteiger partial charge in [0.2, 0.25) is 0 Å². The molecule has 7 heteroatoms. The molecular formula is C18H28O6S. The Labute approximate surface area is 150 Å². The molecule has 0 saturated heterocycles. The summed E-state index contributed by atoms with van der Waals surface area (Å²) >= 11 is 0. The van der Waals surface area contributed by atoms with E-state index in [0.29, 0.717) is 13.0 Å². The summed E-state index contributed by atoms with van der Waals surface area (Å²) in [4.78, 5) is 10.4. The predicted octanol–water partition coefficient (Wildman–Crippen LogP) is 3.53. The molecular weight excluding hydrogens is 344 g/mol. The summed E-state index contributed by atoms with van der Waals surface area (Å²) in [5, 5.41) is 8.41. The zero-order valence-electron chi connectivity index (χ0n) is 14.8. The lowest BCUT2D eigenvalue weighted by Crippen LogP contribution is -2.07. The molecule has 0 aliphatic heterocycles. The van der Waals surface area contributed by atoms with E-state index in [-0.39, 0.29) is 18.1 Å². The number of carboxylic acid groups (broad SMARTS) is 1. The average molecular weight is 372 g/mol. The van der Waals surface area contributed by atoms with Gasteiger partial charge in [-0.05, 0) is 31.9 Å². The first-order valence-electron chi connectivity index (χ1n) is 8.67. The normalized spacial score (nSPS) is 11.6. The molecule has 0 spiro atoms. The standard InChI is InChI=1S/C18H28O6S/c1-16-9-11-17(12-10-16)25(21,22)24-14-8-6-4-2-3-5-7-13-23-15-18(19)20/h9-12H,2-8,13-15H2,1H3,(H,19,20). The summed E-state index contributed by atoms with van der Waals surface area (Å²) in [6, 6.07) is 6.63. The average Bonchev–Trinajstić information content (AvgIpc) is 2.56. The van der Waals surface area contributed by atoms with E-state index in [1.165, 1.54) is 0 Å². The Morgan fingerprint density at radius 2 is 1.44 bits per heavy atom. The third-order valence-electron chi connectivity index (χ3n) is 3.71. The molecule has 0 radical (unpaired) electrons. The minimum Gasteiger partial charge on any atom is -0.480 e. The first-order valence-corrected chi connectivity index (χ1v) is 10.1. The first-order chi connectivity index (χ1) is 11.9. The molecule has 0 heterocycles. The number of ether oxygens (including phenoxy) is 1. The number of unbranched alkanes of at least 4 members (excludes halogenated alkanes) is 6. The molecule has 0 bridgehead atoms. The molecule has 1 aromatic rings. The van der Waals surface area contributed by atoms with E-state index < -0.39 is 16.1 Å². The van der Waals surface area contributed by atoms with Crippen LogP contribution in [-0.2, 0) is 23.8 Å². The van der Waals surface area contributed by atoms with Gasteiger partial charge in [0.05, 0.1) is 11.5 Å². The maximum atomic E-state index is 12.0. The smallest absolute Gasteiger partial charge is 0.329 e. The predicted molar refractivity (Wildman–Crippen MR) is 95.1 cm³/mol. The molecule has 0 amide bonds. The van der Waals surface area contributed by atoms with Crippen molar-refractivity contribution in [3.63, 3.8) is 0 Å². The molecule has 1 aromatic carbocycles. The second-order valence-corrected chi connectivity index (χ2v) is 7.63. The maximum absolute atomic E-state index is 12.0. The Morgan fingerprint density at radius 3 is 2.00 bits per heavy atom. The fourth-order valence-corrected chi connectivity index (χ4v) is 3.23. The van der Waals surface area contributed by atoms with Gasteiger partial charge in [-0.15, -0.1) is 0 Å². The van der Waals surface area contributed by atoms with Crippen molar-refractivity contribution < 1.29 is 27.2 Å². The zero-order valence-corrected chi connectivity index (χ0v) is 15.6. The van der Waals surface area contributed by atoms with E-state index in [4.69, 9.17) is 14.0 Å². The van der Waals surface area contributed by atoms with Crippen LogP contribution in [-0.4, -0.2) is 39.3 Å².